The van der Waals surface area contributed by atoms with Crippen molar-refractivity contribution in [2.45, 2.75) is 36.0 Å². The van der Waals surface area contributed by atoms with E-state index in [0.29, 0.717) is 17.5 Å². The van der Waals surface area contributed by atoms with Gasteiger partial charge in [-0.05, 0) is 55.4 Å². The lowest BCUT2D eigenvalue weighted by Crippen LogP contribution is -1.96. The zero-order valence-corrected chi connectivity index (χ0v) is 12.6. The summed E-state index contributed by atoms with van der Waals surface area (Å²) in [7, 11) is -1.03. The molecule has 21 heavy (non-hydrogen) atoms. The molecule has 2 aromatic rings. The minimum absolute atomic E-state index is 0.167. The maximum atomic E-state index is 11.4. The van der Waals surface area contributed by atoms with E-state index < -0.39 is 10.8 Å². The molecule has 1 unspecified atom stereocenters. The van der Waals surface area contributed by atoms with Crippen molar-refractivity contribution >= 4 is 10.8 Å². The third-order valence-electron chi connectivity index (χ3n) is 4.87. The Morgan fingerprint density at radius 2 is 1.57 bits per heavy atom. The van der Waals surface area contributed by atoms with Crippen molar-refractivity contribution in [2.24, 2.45) is 0 Å². The van der Waals surface area contributed by atoms with Crippen molar-refractivity contribution in [2.75, 3.05) is 6.26 Å². The summed E-state index contributed by atoms with van der Waals surface area (Å²) in [4.78, 5) is 0.734. The molecule has 4 nitrogen and oxygen atoms in total. The predicted molar refractivity (Wildman–Crippen MR) is 80.8 cm³/mol. The van der Waals surface area contributed by atoms with E-state index >= 15 is 0 Å². The first-order valence-electron chi connectivity index (χ1n) is 7.18. The maximum Gasteiger partial charge on any atom is 0.202 e. The van der Waals surface area contributed by atoms with Crippen molar-refractivity contribution in [3.8, 4) is 17.4 Å². The minimum atomic E-state index is -1.03. The topological polar surface area (TPSA) is 62.5 Å². The van der Waals surface area contributed by atoms with E-state index in [-0.39, 0.29) is 11.8 Å². The van der Waals surface area contributed by atoms with Gasteiger partial charge in [-0.2, -0.15) is 0 Å². The van der Waals surface area contributed by atoms with Crippen LogP contribution in [0.1, 0.15) is 42.2 Å². The Labute approximate surface area is 125 Å². The second-order valence-corrected chi connectivity index (χ2v) is 7.34. The Balaban J connectivity index is 1.85. The van der Waals surface area contributed by atoms with Crippen LogP contribution in [0.4, 0.5) is 0 Å². The molecule has 1 heterocycles. The number of fused-ring (bicyclic) bond motifs is 5. The molecule has 0 spiro atoms. The molecule has 5 heteroatoms. The first kappa shape index (κ1) is 13.0. The van der Waals surface area contributed by atoms with Crippen LogP contribution in [-0.4, -0.2) is 25.2 Å². The zero-order chi connectivity index (χ0) is 14.7. The largest absolute Gasteiger partial charge is 0.494 e. The fourth-order valence-electron chi connectivity index (χ4n) is 3.92. The van der Waals surface area contributed by atoms with Crippen molar-refractivity contribution in [1.29, 1.82) is 0 Å². The molecule has 0 aliphatic heterocycles. The standard InChI is InChI=1S/C16H17NO3S/c1-21(20)12-6-4-11(5-7-12)17-15(18)13-9-2-3-10(8-9)14(13)16(17)19/h4-7,9-10,18-19H,2-3,8H2,1H3/t9-,10+,21?. The van der Waals surface area contributed by atoms with Crippen LogP contribution in [0.2, 0.25) is 0 Å². The molecule has 1 fully saturated rings. The van der Waals surface area contributed by atoms with Crippen LogP contribution in [0.5, 0.6) is 11.8 Å². The number of hydrogen-bond acceptors (Lipinski definition) is 3. The van der Waals surface area contributed by atoms with Crippen molar-refractivity contribution < 1.29 is 14.4 Å². The van der Waals surface area contributed by atoms with E-state index in [1.165, 1.54) is 4.57 Å². The molecule has 2 N–H and O–H groups in total. The van der Waals surface area contributed by atoms with Crippen LogP contribution in [0.3, 0.4) is 0 Å². The van der Waals surface area contributed by atoms with E-state index in [1.807, 2.05) is 0 Å². The van der Waals surface area contributed by atoms with E-state index in [1.54, 1.807) is 30.5 Å². The van der Waals surface area contributed by atoms with Gasteiger partial charge in [0.25, 0.3) is 0 Å². The summed E-state index contributed by atoms with van der Waals surface area (Å²) < 4.78 is 13.0. The molecule has 2 bridgehead atoms. The first-order chi connectivity index (χ1) is 10.1. The molecule has 4 rings (SSSR count). The lowest BCUT2D eigenvalue weighted by atomic mass is 9.95. The third-order valence-corrected chi connectivity index (χ3v) is 5.81. The van der Waals surface area contributed by atoms with Crippen molar-refractivity contribution in [3.05, 3.63) is 35.4 Å². The molecule has 0 radical (unpaired) electrons. The van der Waals surface area contributed by atoms with Gasteiger partial charge in [-0.1, -0.05) is 0 Å². The zero-order valence-electron chi connectivity index (χ0n) is 11.7. The monoisotopic (exact) mass is 303 g/mol. The number of hydrogen-bond donors (Lipinski definition) is 2. The molecule has 1 aromatic heterocycles. The third kappa shape index (κ3) is 1.70. The summed E-state index contributed by atoms with van der Waals surface area (Å²) in [6, 6.07) is 7.11. The van der Waals surface area contributed by atoms with Gasteiger partial charge in [-0.15, -0.1) is 0 Å². The summed E-state index contributed by atoms with van der Waals surface area (Å²) in [6.07, 6.45) is 4.89. The lowest BCUT2D eigenvalue weighted by molar-refractivity contribution is 0.394. The Morgan fingerprint density at radius 1 is 1.05 bits per heavy atom. The molecule has 2 aliphatic carbocycles. The summed E-state index contributed by atoms with van der Waals surface area (Å²) in [5, 5.41) is 21.1. The van der Waals surface area contributed by atoms with Gasteiger partial charge in [0.05, 0.1) is 5.69 Å². The van der Waals surface area contributed by atoms with Crippen LogP contribution < -0.4 is 0 Å². The Kier molecular flexibility index (Phi) is 2.70. The Bertz CT molecular complexity index is 714. The second kappa shape index (κ2) is 4.37. The summed E-state index contributed by atoms with van der Waals surface area (Å²) in [5.74, 6) is 1.11. The number of nitrogens with zero attached hydrogens (tertiary/aromatic N) is 1. The average molecular weight is 303 g/mol. The first-order valence-corrected chi connectivity index (χ1v) is 8.74. The summed E-state index contributed by atoms with van der Waals surface area (Å²) in [5.41, 5.74) is 2.58. The number of rotatable bonds is 2. The van der Waals surface area contributed by atoms with Gasteiger partial charge < -0.3 is 10.2 Å². The highest BCUT2D eigenvalue weighted by Gasteiger charge is 2.44. The van der Waals surface area contributed by atoms with Gasteiger partial charge >= 0.3 is 0 Å². The predicted octanol–water partition coefficient (Wildman–Crippen LogP) is 2.99. The molecule has 0 amide bonds. The fraction of sp³-hybridized carbons (Fsp3) is 0.375. The van der Waals surface area contributed by atoms with Crippen LogP contribution >= 0.6 is 0 Å². The van der Waals surface area contributed by atoms with Gasteiger partial charge in [0.15, 0.2) is 0 Å². The van der Waals surface area contributed by atoms with Crippen molar-refractivity contribution in [1.82, 2.24) is 4.57 Å². The van der Waals surface area contributed by atoms with E-state index in [4.69, 9.17) is 0 Å². The number of benzene rings is 1. The summed E-state index contributed by atoms with van der Waals surface area (Å²) in [6.45, 7) is 0. The Morgan fingerprint density at radius 3 is 2.05 bits per heavy atom. The maximum absolute atomic E-state index is 11.4. The minimum Gasteiger partial charge on any atom is -0.494 e. The number of aromatic hydroxyl groups is 2. The fourth-order valence-corrected chi connectivity index (χ4v) is 4.44. The van der Waals surface area contributed by atoms with Crippen LogP contribution in [0.25, 0.3) is 5.69 Å². The van der Waals surface area contributed by atoms with Gasteiger partial charge in [0.2, 0.25) is 11.8 Å². The average Bonchev–Trinajstić information content (AvgIpc) is 3.13. The second-order valence-electron chi connectivity index (χ2n) is 5.96. The van der Waals surface area contributed by atoms with Gasteiger partial charge in [0.1, 0.15) is 0 Å². The van der Waals surface area contributed by atoms with Gasteiger partial charge in [-0.25, -0.2) is 0 Å². The molecule has 0 saturated heterocycles. The van der Waals surface area contributed by atoms with Crippen LogP contribution in [-0.2, 0) is 10.8 Å². The van der Waals surface area contributed by atoms with Gasteiger partial charge in [-0.3, -0.25) is 8.78 Å². The highest BCUT2D eigenvalue weighted by molar-refractivity contribution is 7.84. The van der Waals surface area contributed by atoms with Crippen molar-refractivity contribution in [3.63, 3.8) is 0 Å². The highest BCUT2D eigenvalue weighted by Crippen LogP contribution is 2.60. The summed E-state index contributed by atoms with van der Waals surface area (Å²) >= 11 is 0. The molecule has 1 saturated carbocycles. The molecule has 2 aliphatic rings. The smallest absolute Gasteiger partial charge is 0.202 e. The molecular weight excluding hydrogens is 286 g/mol. The quantitative estimate of drug-likeness (QED) is 0.896. The van der Waals surface area contributed by atoms with Crippen LogP contribution in [0.15, 0.2) is 29.2 Å². The van der Waals surface area contributed by atoms with Gasteiger partial charge in [0, 0.05) is 33.1 Å². The lowest BCUT2D eigenvalue weighted by Gasteiger charge is -2.10. The SMILES string of the molecule is CS(=O)c1ccc(-n2c(O)c3c(c2O)[C@H]2CC[C@@H]3C2)cc1. The molecular formula is C16H17NO3S. The van der Waals surface area contributed by atoms with E-state index in [0.717, 1.165) is 35.3 Å². The molecule has 3 atom stereocenters. The van der Waals surface area contributed by atoms with Crippen LogP contribution in [0, 0.1) is 0 Å². The molecule has 110 valence electrons. The van der Waals surface area contributed by atoms with E-state index in [2.05, 4.69) is 0 Å². The Hall–Kier alpha value is -1.75. The number of aromatic nitrogens is 1. The van der Waals surface area contributed by atoms with E-state index in [9.17, 15) is 14.4 Å². The highest BCUT2D eigenvalue weighted by atomic mass is 32.2. The molecule has 1 aromatic carbocycles. The normalized spacial score (nSPS) is 24.2.